The molecule has 0 spiro atoms. The lowest BCUT2D eigenvalue weighted by Gasteiger charge is -2.22. The molecule has 2 N–H and O–H groups in total. The van der Waals surface area contributed by atoms with Crippen molar-refractivity contribution in [1.82, 2.24) is 15.5 Å². The van der Waals surface area contributed by atoms with Gasteiger partial charge in [-0.15, -0.1) is 0 Å². The molecule has 0 radical (unpaired) electrons. The summed E-state index contributed by atoms with van der Waals surface area (Å²) in [6, 6.07) is 0.244. The molecule has 96 valence electrons. The number of ether oxygens (including phenoxy) is 1. The third-order valence-corrected chi connectivity index (χ3v) is 2.60. The van der Waals surface area contributed by atoms with E-state index in [4.69, 9.17) is 4.74 Å². The van der Waals surface area contributed by atoms with Crippen LogP contribution in [0.3, 0.4) is 0 Å². The van der Waals surface area contributed by atoms with Gasteiger partial charge < -0.3 is 20.3 Å². The molecular weight excluding hydrogens is 206 g/mol. The molecule has 0 aliphatic carbocycles. The monoisotopic (exact) mass is 231 g/mol. The molecule has 5 nitrogen and oxygen atoms in total. The average molecular weight is 231 g/mol. The van der Waals surface area contributed by atoms with Gasteiger partial charge in [0, 0.05) is 26.2 Å². The maximum atomic E-state index is 11.6. The Morgan fingerprint density at radius 2 is 2.00 bits per heavy atom. The van der Waals surface area contributed by atoms with Crippen molar-refractivity contribution in [2.45, 2.75) is 25.9 Å². The molecule has 1 amide bonds. The van der Waals surface area contributed by atoms with Crippen molar-refractivity contribution in [3.63, 3.8) is 0 Å². The number of hydrogen-bond acceptors (Lipinski definition) is 4. The van der Waals surface area contributed by atoms with Crippen molar-refractivity contribution in [2.24, 2.45) is 0 Å². The van der Waals surface area contributed by atoms with Crippen molar-refractivity contribution >= 4 is 5.91 Å². The predicted molar refractivity (Wildman–Crippen MR) is 65.5 cm³/mol. The quantitative estimate of drug-likeness (QED) is 0.562. The minimum Gasteiger partial charge on any atom is -0.383 e. The summed E-state index contributed by atoms with van der Waals surface area (Å²) in [7, 11) is 5.66. The number of nitrogens with zero attached hydrogens (tertiary/aromatic N) is 1. The topological polar surface area (TPSA) is 53.6 Å². The van der Waals surface area contributed by atoms with Crippen LogP contribution in [0.25, 0.3) is 0 Å². The molecule has 0 aromatic heterocycles. The summed E-state index contributed by atoms with van der Waals surface area (Å²) in [4.78, 5) is 13.7. The Kier molecular flexibility index (Phi) is 8.15. The molecule has 0 rings (SSSR count). The second-order valence-corrected chi connectivity index (χ2v) is 4.23. The Hall–Kier alpha value is -0.650. The molecule has 0 bridgehead atoms. The maximum absolute atomic E-state index is 11.6. The summed E-state index contributed by atoms with van der Waals surface area (Å²) >= 11 is 0. The molecule has 0 aromatic carbocycles. The molecule has 0 aromatic rings. The van der Waals surface area contributed by atoms with Crippen LogP contribution in [0.15, 0.2) is 0 Å². The molecule has 16 heavy (non-hydrogen) atoms. The number of nitrogens with one attached hydrogen (secondary N) is 2. The van der Waals surface area contributed by atoms with Crippen LogP contribution in [0.1, 0.15) is 13.8 Å². The molecule has 2 unspecified atom stereocenters. The van der Waals surface area contributed by atoms with Gasteiger partial charge in [0.2, 0.25) is 5.91 Å². The van der Waals surface area contributed by atoms with Crippen LogP contribution < -0.4 is 10.6 Å². The third kappa shape index (κ3) is 6.76. The highest BCUT2D eigenvalue weighted by atomic mass is 16.5. The largest absolute Gasteiger partial charge is 0.383 e. The van der Waals surface area contributed by atoms with E-state index in [9.17, 15) is 4.79 Å². The van der Waals surface area contributed by atoms with E-state index in [-0.39, 0.29) is 11.9 Å². The van der Waals surface area contributed by atoms with Crippen LogP contribution in [0.4, 0.5) is 0 Å². The van der Waals surface area contributed by atoms with Crippen molar-refractivity contribution < 1.29 is 9.53 Å². The molecule has 0 saturated carbocycles. The van der Waals surface area contributed by atoms with E-state index in [2.05, 4.69) is 22.5 Å². The fourth-order valence-electron chi connectivity index (χ4n) is 1.05. The third-order valence-electron chi connectivity index (χ3n) is 2.60. The van der Waals surface area contributed by atoms with Gasteiger partial charge in [0.05, 0.1) is 12.6 Å². The van der Waals surface area contributed by atoms with Crippen LogP contribution in [0.5, 0.6) is 0 Å². The van der Waals surface area contributed by atoms with Crippen molar-refractivity contribution in [3.05, 3.63) is 0 Å². The first-order valence-electron chi connectivity index (χ1n) is 5.65. The van der Waals surface area contributed by atoms with E-state index in [0.717, 1.165) is 6.54 Å². The fraction of sp³-hybridized carbons (Fsp3) is 0.909. The van der Waals surface area contributed by atoms with Gasteiger partial charge in [-0.05, 0) is 27.9 Å². The molecule has 0 saturated heterocycles. The highest BCUT2D eigenvalue weighted by Crippen LogP contribution is 1.90. The van der Waals surface area contributed by atoms with Gasteiger partial charge >= 0.3 is 0 Å². The summed E-state index contributed by atoms with van der Waals surface area (Å²) < 4.78 is 4.86. The van der Waals surface area contributed by atoms with E-state index in [1.807, 2.05) is 21.0 Å². The molecule has 5 heteroatoms. The predicted octanol–water partition coefficient (Wildman–Crippen LogP) is -0.323. The van der Waals surface area contributed by atoms with Gasteiger partial charge in [-0.25, -0.2) is 0 Å². The summed E-state index contributed by atoms with van der Waals surface area (Å²) in [6.07, 6.45) is 0. The number of hydrogen-bond donors (Lipinski definition) is 2. The number of methoxy groups -OCH3 is 1. The number of carbonyl (C=O) groups excluding carboxylic acids is 1. The Labute approximate surface area is 98.5 Å². The first kappa shape index (κ1) is 15.3. The minimum absolute atomic E-state index is 0.0167. The first-order chi connectivity index (χ1) is 7.49. The van der Waals surface area contributed by atoms with Crippen LogP contribution in [0, 0.1) is 0 Å². The van der Waals surface area contributed by atoms with Gasteiger partial charge in [0.15, 0.2) is 0 Å². The highest BCUT2D eigenvalue weighted by molar-refractivity contribution is 5.81. The van der Waals surface area contributed by atoms with E-state index in [1.54, 1.807) is 7.11 Å². The lowest BCUT2D eigenvalue weighted by Crippen LogP contribution is -2.47. The van der Waals surface area contributed by atoms with Gasteiger partial charge in [-0.2, -0.15) is 0 Å². The lowest BCUT2D eigenvalue weighted by atomic mass is 10.2. The zero-order valence-electron chi connectivity index (χ0n) is 11.0. The molecule has 0 fully saturated rings. The average Bonchev–Trinajstić information content (AvgIpc) is 2.25. The zero-order chi connectivity index (χ0) is 12.6. The van der Waals surface area contributed by atoms with E-state index >= 15 is 0 Å². The Balaban J connectivity index is 3.70. The Morgan fingerprint density at radius 3 is 2.50 bits per heavy atom. The Morgan fingerprint density at radius 1 is 1.38 bits per heavy atom. The van der Waals surface area contributed by atoms with Crippen LogP contribution in [-0.4, -0.2) is 63.8 Å². The molecular formula is C11H25N3O2. The molecule has 2 atom stereocenters. The fourth-order valence-corrected chi connectivity index (χ4v) is 1.05. The van der Waals surface area contributed by atoms with Crippen molar-refractivity contribution in [3.8, 4) is 0 Å². The summed E-state index contributed by atoms with van der Waals surface area (Å²) in [5.41, 5.74) is 0. The molecule has 0 aliphatic rings. The molecule has 0 heterocycles. The zero-order valence-corrected chi connectivity index (χ0v) is 11.0. The summed E-state index contributed by atoms with van der Waals surface area (Å²) in [6.45, 7) is 5.88. The lowest BCUT2D eigenvalue weighted by molar-refractivity contribution is -0.123. The summed E-state index contributed by atoms with van der Waals surface area (Å²) in [5.74, 6) is 0.0167. The Bertz CT molecular complexity index is 198. The van der Waals surface area contributed by atoms with E-state index in [1.165, 1.54) is 0 Å². The van der Waals surface area contributed by atoms with Crippen LogP contribution in [0.2, 0.25) is 0 Å². The van der Waals surface area contributed by atoms with Gasteiger partial charge in [0.1, 0.15) is 0 Å². The van der Waals surface area contributed by atoms with Gasteiger partial charge in [-0.3, -0.25) is 4.79 Å². The van der Waals surface area contributed by atoms with Crippen LogP contribution in [-0.2, 0) is 9.53 Å². The number of likely N-dealkylation sites (N-methyl/N-ethyl adjacent to an activating group) is 1. The minimum atomic E-state index is -0.167. The summed E-state index contributed by atoms with van der Waals surface area (Å²) in [5, 5.41) is 5.99. The highest BCUT2D eigenvalue weighted by Gasteiger charge is 2.13. The molecule has 0 aliphatic heterocycles. The smallest absolute Gasteiger partial charge is 0.236 e. The second-order valence-electron chi connectivity index (χ2n) is 4.23. The van der Waals surface area contributed by atoms with Gasteiger partial charge in [-0.1, -0.05) is 0 Å². The number of amides is 1. The van der Waals surface area contributed by atoms with E-state index in [0.29, 0.717) is 19.2 Å². The number of rotatable bonds is 8. The van der Waals surface area contributed by atoms with Crippen molar-refractivity contribution in [1.29, 1.82) is 0 Å². The number of carbonyl (C=O) groups is 1. The van der Waals surface area contributed by atoms with Crippen LogP contribution >= 0.6 is 0 Å². The first-order valence-corrected chi connectivity index (χ1v) is 5.65. The normalized spacial score (nSPS) is 14.9. The standard InChI is InChI=1S/C11H25N3O2/c1-9(14(3)4)8-13-10(2)11(15)12-6-7-16-5/h9-10,13H,6-8H2,1-5H3,(H,12,15). The van der Waals surface area contributed by atoms with E-state index < -0.39 is 0 Å². The second kappa shape index (κ2) is 8.50. The maximum Gasteiger partial charge on any atom is 0.236 e. The van der Waals surface area contributed by atoms with Gasteiger partial charge in [0.25, 0.3) is 0 Å². The van der Waals surface area contributed by atoms with Crippen molar-refractivity contribution in [2.75, 3.05) is 40.9 Å². The SMILES string of the molecule is COCCNC(=O)C(C)NCC(C)N(C)C.